The van der Waals surface area contributed by atoms with Crippen molar-refractivity contribution in [2.75, 3.05) is 11.1 Å². The number of hydrogen-bond donors (Lipinski definition) is 2. The van der Waals surface area contributed by atoms with Gasteiger partial charge in [-0.25, -0.2) is 4.98 Å². The van der Waals surface area contributed by atoms with Gasteiger partial charge < -0.3 is 11.1 Å². The number of nitrogen functional groups attached to an aromatic ring is 1. The van der Waals surface area contributed by atoms with Gasteiger partial charge in [-0.15, -0.1) is 0 Å². The normalized spacial score (nSPS) is 10.2. The summed E-state index contributed by atoms with van der Waals surface area (Å²) >= 11 is 4.66. The van der Waals surface area contributed by atoms with Crippen LogP contribution in [0.4, 0.5) is 10.8 Å². The molecule has 0 aliphatic heterocycles. The lowest BCUT2D eigenvalue weighted by Crippen LogP contribution is -2.15. The van der Waals surface area contributed by atoms with Crippen molar-refractivity contribution in [1.29, 1.82) is 0 Å². The molecule has 0 unspecified atom stereocenters. The summed E-state index contributed by atoms with van der Waals surface area (Å²) in [5.41, 5.74) is 7.21. The summed E-state index contributed by atoms with van der Waals surface area (Å²) in [6, 6.07) is 7.32. The van der Waals surface area contributed by atoms with Crippen LogP contribution in [0.25, 0.3) is 0 Å². The molecule has 0 saturated heterocycles. The van der Waals surface area contributed by atoms with Gasteiger partial charge >= 0.3 is 0 Å². The Morgan fingerprint density at radius 3 is 2.88 bits per heavy atom. The van der Waals surface area contributed by atoms with E-state index in [1.165, 1.54) is 11.3 Å². The Hall–Kier alpha value is -1.40. The molecule has 0 aliphatic carbocycles. The number of para-hydroxylation sites is 1. The Morgan fingerprint density at radius 1 is 1.47 bits per heavy atom. The predicted molar refractivity (Wildman–Crippen MR) is 73.0 cm³/mol. The molecule has 4 nitrogen and oxygen atoms in total. The molecular formula is C11H10BrN3OS. The van der Waals surface area contributed by atoms with Crippen molar-refractivity contribution >= 4 is 44.0 Å². The molecule has 0 radical (unpaired) electrons. The maximum absolute atomic E-state index is 11.7. The molecule has 2 rings (SSSR count). The molecule has 17 heavy (non-hydrogen) atoms. The first-order valence-electron chi connectivity index (χ1n) is 4.89. The highest BCUT2D eigenvalue weighted by Gasteiger charge is 2.08. The van der Waals surface area contributed by atoms with E-state index >= 15 is 0 Å². The van der Waals surface area contributed by atoms with Crippen LogP contribution in [0, 0.1) is 0 Å². The number of benzene rings is 1. The maximum Gasteiger partial charge on any atom is 0.230 e. The monoisotopic (exact) mass is 311 g/mol. The van der Waals surface area contributed by atoms with Crippen molar-refractivity contribution in [3.05, 3.63) is 39.8 Å². The minimum Gasteiger partial charge on any atom is -0.398 e. The largest absolute Gasteiger partial charge is 0.398 e. The van der Waals surface area contributed by atoms with Gasteiger partial charge in [-0.2, -0.15) is 0 Å². The van der Waals surface area contributed by atoms with Gasteiger partial charge in [0.05, 0.1) is 16.4 Å². The molecule has 0 fully saturated rings. The van der Waals surface area contributed by atoms with E-state index in [-0.39, 0.29) is 12.3 Å². The number of aromatic nitrogens is 1. The van der Waals surface area contributed by atoms with E-state index in [4.69, 9.17) is 5.73 Å². The highest BCUT2D eigenvalue weighted by Crippen LogP contribution is 2.23. The number of nitrogens with one attached hydrogen (secondary N) is 1. The molecule has 0 saturated carbocycles. The Bertz CT molecular complexity index is 541. The minimum atomic E-state index is -0.121. The fourth-order valence-electron chi connectivity index (χ4n) is 1.34. The molecule has 0 bridgehead atoms. The van der Waals surface area contributed by atoms with E-state index in [1.54, 1.807) is 12.3 Å². The summed E-state index contributed by atoms with van der Waals surface area (Å²) in [7, 11) is 0. The number of nitrogens with two attached hydrogens (primary N) is 1. The topological polar surface area (TPSA) is 68.0 Å². The Kier molecular flexibility index (Phi) is 3.75. The molecule has 2 aromatic rings. The van der Waals surface area contributed by atoms with Crippen LogP contribution < -0.4 is 11.1 Å². The Morgan fingerprint density at radius 2 is 2.24 bits per heavy atom. The van der Waals surface area contributed by atoms with Crippen LogP contribution >= 0.6 is 27.3 Å². The van der Waals surface area contributed by atoms with E-state index in [1.807, 2.05) is 18.2 Å². The van der Waals surface area contributed by atoms with Gasteiger partial charge in [-0.3, -0.25) is 4.79 Å². The summed E-state index contributed by atoms with van der Waals surface area (Å²) in [6.07, 6.45) is 1.90. The first kappa shape index (κ1) is 12.1. The number of rotatable bonds is 3. The van der Waals surface area contributed by atoms with Crippen molar-refractivity contribution in [2.24, 2.45) is 0 Å². The number of hydrogen-bond acceptors (Lipinski definition) is 4. The van der Waals surface area contributed by atoms with E-state index in [9.17, 15) is 4.79 Å². The van der Waals surface area contributed by atoms with Crippen LogP contribution in [0.5, 0.6) is 0 Å². The van der Waals surface area contributed by atoms with Crippen LogP contribution in [-0.4, -0.2) is 10.9 Å². The van der Waals surface area contributed by atoms with Gasteiger partial charge in [0.15, 0.2) is 5.13 Å². The SMILES string of the molecule is Nc1ccccc1CC(=O)Nc1ncc(Br)s1. The summed E-state index contributed by atoms with van der Waals surface area (Å²) < 4.78 is 0.882. The third-order valence-corrected chi connectivity index (χ3v) is 3.52. The second kappa shape index (κ2) is 5.29. The van der Waals surface area contributed by atoms with Crippen molar-refractivity contribution in [3.63, 3.8) is 0 Å². The fourth-order valence-corrected chi connectivity index (χ4v) is 2.47. The molecule has 1 aromatic heterocycles. The average molecular weight is 312 g/mol. The van der Waals surface area contributed by atoms with Crippen LogP contribution in [0.15, 0.2) is 34.2 Å². The molecule has 1 aromatic carbocycles. The van der Waals surface area contributed by atoms with Crippen molar-refractivity contribution in [1.82, 2.24) is 4.98 Å². The van der Waals surface area contributed by atoms with Crippen molar-refractivity contribution in [3.8, 4) is 0 Å². The smallest absolute Gasteiger partial charge is 0.230 e. The molecule has 1 amide bonds. The number of carbonyl (C=O) groups is 1. The first-order valence-corrected chi connectivity index (χ1v) is 6.50. The number of nitrogens with zero attached hydrogens (tertiary/aromatic N) is 1. The van der Waals surface area contributed by atoms with Gasteiger partial charge in [0.1, 0.15) is 0 Å². The molecule has 1 heterocycles. The fraction of sp³-hybridized carbons (Fsp3) is 0.0909. The lowest BCUT2D eigenvalue weighted by atomic mass is 10.1. The summed E-state index contributed by atoms with van der Waals surface area (Å²) in [5, 5.41) is 3.30. The van der Waals surface area contributed by atoms with Crippen molar-refractivity contribution < 1.29 is 4.79 Å². The van der Waals surface area contributed by atoms with Crippen LogP contribution in [0.1, 0.15) is 5.56 Å². The highest BCUT2D eigenvalue weighted by atomic mass is 79.9. The molecular weight excluding hydrogens is 302 g/mol. The standard InChI is InChI=1S/C11H10BrN3OS/c12-9-6-14-11(17-9)15-10(16)5-7-3-1-2-4-8(7)13/h1-4,6H,5,13H2,(H,14,15,16). The van der Waals surface area contributed by atoms with E-state index in [0.29, 0.717) is 10.8 Å². The summed E-state index contributed by atoms with van der Waals surface area (Å²) in [4.78, 5) is 15.8. The molecule has 0 aliphatic rings. The van der Waals surface area contributed by atoms with Gasteiger partial charge in [0.25, 0.3) is 0 Å². The average Bonchev–Trinajstić information content (AvgIpc) is 2.67. The second-order valence-corrected chi connectivity index (χ2v) is 5.80. The summed E-state index contributed by atoms with van der Waals surface area (Å²) in [5.74, 6) is -0.121. The lowest BCUT2D eigenvalue weighted by Gasteiger charge is -2.04. The van der Waals surface area contributed by atoms with Crippen LogP contribution in [0.3, 0.4) is 0 Å². The zero-order chi connectivity index (χ0) is 12.3. The number of carbonyl (C=O) groups excluding carboxylic acids is 1. The van der Waals surface area contributed by atoms with Crippen LogP contribution in [0.2, 0.25) is 0 Å². The van der Waals surface area contributed by atoms with Gasteiger partial charge in [-0.1, -0.05) is 29.5 Å². The zero-order valence-corrected chi connectivity index (χ0v) is 11.2. The number of anilines is 2. The number of amides is 1. The van der Waals surface area contributed by atoms with Gasteiger partial charge in [-0.05, 0) is 27.6 Å². The Labute approximate surface area is 111 Å². The zero-order valence-electron chi connectivity index (χ0n) is 8.81. The van der Waals surface area contributed by atoms with Gasteiger partial charge in [0, 0.05) is 5.69 Å². The first-order chi connectivity index (χ1) is 8.15. The van der Waals surface area contributed by atoms with Gasteiger partial charge in [0.2, 0.25) is 5.91 Å². The van der Waals surface area contributed by atoms with Crippen LogP contribution in [-0.2, 0) is 11.2 Å². The number of thiazole rings is 1. The molecule has 6 heteroatoms. The molecule has 0 spiro atoms. The number of halogens is 1. The quantitative estimate of drug-likeness (QED) is 0.856. The molecule has 3 N–H and O–H groups in total. The van der Waals surface area contributed by atoms with E-state index < -0.39 is 0 Å². The highest BCUT2D eigenvalue weighted by molar-refractivity contribution is 9.11. The second-order valence-electron chi connectivity index (χ2n) is 3.39. The maximum atomic E-state index is 11.7. The third-order valence-electron chi connectivity index (χ3n) is 2.13. The van der Waals surface area contributed by atoms with E-state index in [0.717, 1.165) is 9.35 Å². The van der Waals surface area contributed by atoms with E-state index in [2.05, 4.69) is 26.2 Å². The third kappa shape index (κ3) is 3.28. The Balaban J connectivity index is 2.01. The lowest BCUT2D eigenvalue weighted by molar-refractivity contribution is -0.115. The van der Waals surface area contributed by atoms with Crippen molar-refractivity contribution in [2.45, 2.75) is 6.42 Å². The molecule has 88 valence electrons. The minimum absolute atomic E-state index is 0.121. The predicted octanol–water partition coefficient (Wildman–Crippen LogP) is 2.67. The molecule has 0 atom stereocenters. The summed E-state index contributed by atoms with van der Waals surface area (Å²) in [6.45, 7) is 0.